The van der Waals surface area contributed by atoms with E-state index in [1.807, 2.05) is 0 Å². The van der Waals surface area contributed by atoms with E-state index in [0.29, 0.717) is 0 Å². The zero-order chi connectivity index (χ0) is 18.5. The van der Waals surface area contributed by atoms with E-state index >= 15 is 0 Å². The van der Waals surface area contributed by atoms with Gasteiger partial charge in [0.15, 0.2) is 0 Å². The Labute approximate surface area is 139 Å². The summed E-state index contributed by atoms with van der Waals surface area (Å²) in [7, 11) is 0. The lowest BCUT2D eigenvalue weighted by molar-refractivity contribution is -0.137. The monoisotopic (exact) mass is 348 g/mol. The quantitative estimate of drug-likeness (QED) is 0.823. The first-order valence-electron chi connectivity index (χ1n) is 7.66. The van der Waals surface area contributed by atoms with Crippen LogP contribution in [0.3, 0.4) is 0 Å². The Morgan fingerprint density at radius 1 is 1.33 bits per heavy atom. The van der Waals surface area contributed by atoms with Crippen LogP contribution >= 0.6 is 0 Å². The number of carbonyl (C=O) groups is 1. The number of ether oxygens (including phenoxy) is 1. The Hall–Kier alpha value is -1.96. The Morgan fingerprint density at radius 3 is 2.42 bits per heavy atom. The van der Waals surface area contributed by atoms with Crippen molar-refractivity contribution < 1.29 is 27.8 Å². The van der Waals surface area contributed by atoms with Gasteiger partial charge in [0, 0.05) is 12.6 Å². The number of urea groups is 1. The molecule has 24 heavy (non-hydrogen) atoms. The Morgan fingerprint density at radius 2 is 1.96 bits per heavy atom. The topological polar surface area (TPSA) is 61.8 Å². The van der Waals surface area contributed by atoms with E-state index in [0.717, 1.165) is 12.1 Å². The third-order valence-electron chi connectivity index (χ3n) is 3.19. The van der Waals surface area contributed by atoms with Crippen LogP contribution in [0.5, 0.6) is 5.75 Å². The van der Waals surface area contributed by atoms with E-state index in [1.165, 1.54) is 17.9 Å². The van der Waals surface area contributed by atoms with E-state index in [1.54, 1.807) is 20.8 Å². The largest absolute Gasteiger partial charge is 0.494 e. The van der Waals surface area contributed by atoms with E-state index in [9.17, 15) is 23.1 Å². The fourth-order valence-corrected chi connectivity index (χ4v) is 2.12. The summed E-state index contributed by atoms with van der Waals surface area (Å²) in [6, 6.07) is 2.39. The van der Waals surface area contributed by atoms with E-state index in [-0.39, 0.29) is 30.6 Å². The van der Waals surface area contributed by atoms with Crippen LogP contribution < -0.4 is 10.1 Å². The van der Waals surface area contributed by atoms with Crippen molar-refractivity contribution >= 4 is 11.7 Å². The average Bonchev–Trinajstić information content (AvgIpc) is 2.45. The number of aliphatic hydroxyl groups excluding tert-OH is 1. The van der Waals surface area contributed by atoms with Gasteiger partial charge in [-0.2, -0.15) is 13.2 Å². The highest BCUT2D eigenvalue weighted by Gasteiger charge is 2.35. The number of nitrogens with zero attached hydrogens (tertiary/aromatic N) is 1. The summed E-state index contributed by atoms with van der Waals surface area (Å²) in [6.07, 6.45) is -5.43. The molecule has 0 aromatic heterocycles. The van der Waals surface area contributed by atoms with Crippen molar-refractivity contribution in [1.29, 1.82) is 0 Å². The second-order valence-corrected chi connectivity index (χ2v) is 5.66. The molecule has 0 heterocycles. The molecule has 2 N–H and O–H groups in total. The molecule has 5 nitrogen and oxygen atoms in total. The lowest BCUT2D eigenvalue weighted by Crippen LogP contribution is -2.44. The summed E-state index contributed by atoms with van der Waals surface area (Å²) >= 11 is 0. The second kappa shape index (κ2) is 8.23. The highest BCUT2D eigenvalue weighted by Crippen LogP contribution is 2.37. The molecule has 1 aromatic rings. The number of anilines is 1. The summed E-state index contributed by atoms with van der Waals surface area (Å²) < 4.78 is 44.8. The molecule has 8 heteroatoms. The van der Waals surface area contributed by atoms with Gasteiger partial charge in [-0.3, -0.25) is 0 Å². The Balaban J connectivity index is 3.10. The Bertz CT molecular complexity index is 560. The molecule has 0 bridgehead atoms. The first-order valence-corrected chi connectivity index (χ1v) is 7.66. The lowest BCUT2D eigenvalue weighted by atomic mass is 10.1. The fourth-order valence-electron chi connectivity index (χ4n) is 2.12. The van der Waals surface area contributed by atoms with Gasteiger partial charge in [0.1, 0.15) is 5.75 Å². The van der Waals surface area contributed by atoms with Gasteiger partial charge in [-0.1, -0.05) is 0 Å². The molecule has 0 saturated heterocycles. The molecule has 0 radical (unpaired) electrons. The van der Waals surface area contributed by atoms with Crippen LogP contribution in [0.1, 0.15) is 33.3 Å². The smallest absolute Gasteiger partial charge is 0.418 e. The number of amides is 2. The van der Waals surface area contributed by atoms with Crippen molar-refractivity contribution in [3.05, 3.63) is 23.8 Å². The van der Waals surface area contributed by atoms with Crippen molar-refractivity contribution in [1.82, 2.24) is 4.90 Å². The number of rotatable bonds is 6. The van der Waals surface area contributed by atoms with Crippen LogP contribution in [0, 0.1) is 0 Å². The highest BCUT2D eigenvalue weighted by molar-refractivity contribution is 5.90. The SMILES string of the molecule is CCOc1ccc(NC(=O)N(CC(C)O)C(C)C)c(C(F)(F)F)c1. The van der Waals surface area contributed by atoms with Crippen LogP contribution in [0.15, 0.2) is 18.2 Å². The normalized spacial score (nSPS) is 12.9. The molecule has 2 amide bonds. The van der Waals surface area contributed by atoms with Gasteiger partial charge in [0.25, 0.3) is 0 Å². The highest BCUT2D eigenvalue weighted by atomic mass is 19.4. The number of halogens is 3. The number of hydrogen-bond acceptors (Lipinski definition) is 3. The van der Waals surface area contributed by atoms with Gasteiger partial charge in [-0.15, -0.1) is 0 Å². The molecule has 1 rings (SSSR count). The molecular formula is C16H23F3N2O3. The van der Waals surface area contributed by atoms with E-state index < -0.39 is 23.9 Å². The van der Waals surface area contributed by atoms with Gasteiger partial charge in [0.05, 0.1) is 24.0 Å². The number of hydrogen-bond donors (Lipinski definition) is 2. The first kappa shape index (κ1) is 20.1. The van der Waals surface area contributed by atoms with Crippen LogP contribution in [0.2, 0.25) is 0 Å². The molecule has 0 saturated carbocycles. The summed E-state index contributed by atoms with van der Waals surface area (Å²) in [4.78, 5) is 13.5. The third-order valence-corrected chi connectivity index (χ3v) is 3.19. The van der Waals surface area contributed by atoms with Crippen molar-refractivity contribution in [2.45, 2.75) is 46.0 Å². The van der Waals surface area contributed by atoms with Crippen molar-refractivity contribution in [3.63, 3.8) is 0 Å². The summed E-state index contributed by atoms with van der Waals surface area (Å²) in [5, 5.41) is 11.7. The van der Waals surface area contributed by atoms with Gasteiger partial charge in [-0.05, 0) is 45.9 Å². The predicted molar refractivity (Wildman–Crippen MR) is 85.2 cm³/mol. The molecule has 0 spiro atoms. The molecule has 0 aliphatic rings. The van der Waals surface area contributed by atoms with Crippen LogP contribution in [0.25, 0.3) is 0 Å². The molecule has 1 aromatic carbocycles. The molecular weight excluding hydrogens is 325 g/mol. The van der Waals surface area contributed by atoms with Crippen LogP contribution in [-0.4, -0.2) is 41.3 Å². The minimum Gasteiger partial charge on any atom is -0.494 e. The standard InChI is InChI=1S/C16H23F3N2O3/c1-5-24-12-6-7-14(13(8-12)16(17,18)19)20-15(23)21(10(2)3)9-11(4)22/h6-8,10-11,22H,5,9H2,1-4H3,(H,20,23). The van der Waals surface area contributed by atoms with Crippen LogP contribution in [0.4, 0.5) is 23.7 Å². The second-order valence-electron chi connectivity index (χ2n) is 5.66. The molecule has 0 fully saturated rings. The molecule has 136 valence electrons. The summed E-state index contributed by atoms with van der Waals surface area (Å²) in [5.41, 5.74) is -1.34. The number of carbonyl (C=O) groups excluding carboxylic acids is 1. The third kappa shape index (κ3) is 5.59. The van der Waals surface area contributed by atoms with E-state index in [4.69, 9.17) is 4.74 Å². The van der Waals surface area contributed by atoms with Crippen molar-refractivity contribution in [2.75, 3.05) is 18.5 Å². The molecule has 0 aliphatic heterocycles. The minimum absolute atomic E-state index is 0.0158. The lowest BCUT2D eigenvalue weighted by Gasteiger charge is -2.28. The first-order chi connectivity index (χ1) is 11.1. The fraction of sp³-hybridized carbons (Fsp3) is 0.562. The number of aliphatic hydroxyl groups is 1. The zero-order valence-electron chi connectivity index (χ0n) is 14.1. The van der Waals surface area contributed by atoms with Gasteiger partial charge >= 0.3 is 12.2 Å². The Kier molecular flexibility index (Phi) is 6.89. The number of nitrogens with one attached hydrogen (secondary N) is 1. The maximum atomic E-state index is 13.2. The van der Waals surface area contributed by atoms with E-state index in [2.05, 4.69) is 5.32 Å². The molecule has 1 unspecified atom stereocenters. The van der Waals surface area contributed by atoms with Crippen LogP contribution in [-0.2, 0) is 6.18 Å². The zero-order valence-corrected chi connectivity index (χ0v) is 14.1. The number of alkyl halides is 3. The maximum absolute atomic E-state index is 13.2. The molecule has 1 atom stereocenters. The van der Waals surface area contributed by atoms with Gasteiger partial charge in [0.2, 0.25) is 0 Å². The minimum atomic E-state index is -4.64. The predicted octanol–water partition coefficient (Wildman–Crippen LogP) is 3.73. The summed E-state index contributed by atoms with van der Waals surface area (Å²) in [6.45, 7) is 6.84. The van der Waals surface area contributed by atoms with Crippen molar-refractivity contribution in [2.24, 2.45) is 0 Å². The average molecular weight is 348 g/mol. The van der Waals surface area contributed by atoms with Crippen molar-refractivity contribution in [3.8, 4) is 5.75 Å². The maximum Gasteiger partial charge on any atom is 0.418 e. The number of benzene rings is 1. The van der Waals surface area contributed by atoms with Gasteiger partial charge < -0.3 is 20.1 Å². The molecule has 0 aliphatic carbocycles. The van der Waals surface area contributed by atoms with Gasteiger partial charge in [-0.25, -0.2) is 4.79 Å². The summed E-state index contributed by atoms with van der Waals surface area (Å²) in [5.74, 6) is 0.0764.